The lowest BCUT2D eigenvalue weighted by Crippen LogP contribution is -2.31. The number of allylic oxidation sites excluding steroid dienone is 1. The molecule has 6 atom stereocenters. The summed E-state index contributed by atoms with van der Waals surface area (Å²) in [5.74, 6) is 3.09. The fourth-order valence-corrected chi connectivity index (χ4v) is 3.94. The molecule has 1 aliphatic heterocycles. The molecule has 0 aromatic carbocycles. The van der Waals surface area contributed by atoms with Crippen molar-refractivity contribution in [3.8, 4) is 0 Å². The Labute approximate surface area is 92.9 Å². The van der Waals surface area contributed by atoms with Gasteiger partial charge in [-0.2, -0.15) is 0 Å². The van der Waals surface area contributed by atoms with Crippen molar-refractivity contribution in [1.29, 1.82) is 0 Å². The lowest BCUT2D eigenvalue weighted by Gasteiger charge is -2.31. The number of hydrogen-bond donors (Lipinski definition) is 0. The average Bonchev–Trinajstić information content (AvgIpc) is 2.60. The number of rotatable bonds is 0. The molecule has 1 saturated heterocycles. The molecular weight excluding hydrogens is 184 g/mol. The third kappa shape index (κ3) is 1.47. The smallest absolute Gasteiger partial charge is 0.0673 e. The van der Waals surface area contributed by atoms with Crippen LogP contribution < -0.4 is 0 Å². The predicted molar refractivity (Wildman–Crippen MR) is 61.6 cm³/mol. The van der Waals surface area contributed by atoms with E-state index in [0.717, 1.165) is 23.7 Å². The van der Waals surface area contributed by atoms with E-state index in [4.69, 9.17) is 4.74 Å². The first-order valence-corrected chi connectivity index (χ1v) is 6.59. The molecule has 0 spiro atoms. The van der Waals surface area contributed by atoms with Gasteiger partial charge in [0.1, 0.15) is 0 Å². The molecule has 15 heavy (non-hydrogen) atoms. The fourth-order valence-electron chi connectivity index (χ4n) is 3.94. The Morgan fingerprint density at radius 2 is 1.93 bits per heavy atom. The molecular formula is C14H22O. The van der Waals surface area contributed by atoms with Gasteiger partial charge in [-0.3, -0.25) is 0 Å². The molecule has 1 heteroatoms. The molecule has 0 aromatic heterocycles. The van der Waals surface area contributed by atoms with E-state index in [1.54, 1.807) is 0 Å². The van der Waals surface area contributed by atoms with Crippen LogP contribution in [0.1, 0.15) is 39.5 Å². The predicted octanol–water partition coefficient (Wildman–Crippen LogP) is 3.40. The maximum Gasteiger partial charge on any atom is 0.0673 e. The number of ether oxygens (including phenoxy) is 1. The van der Waals surface area contributed by atoms with E-state index in [1.807, 2.05) is 0 Å². The van der Waals surface area contributed by atoms with Crippen LogP contribution >= 0.6 is 0 Å². The summed E-state index contributed by atoms with van der Waals surface area (Å²) < 4.78 is 6.34. The highest BCUT2D eigenvalue weighted by Gasteiger charge is 2.48. The zero-order chi connectivity index (χ0) is 10.4. The summed E-state index contributed by atoms with van der Waals surface area (Å²) in [6, 6.07) is 0. The second-order valence-electron chi connectivity index (χ2n) is 5.86. The van der Waals surface area contributed by atoms with E-state index in [-0.39, 0.29) is 0 Å². The molecule has 84 valence electrons. The highest BCUT2D eigenvalue weighted by molar-refractivity contribution is 5.09. The van der Waals surface area contributed by atoms with E-state index < -0.39 is 0 Å². The normalized spacial score (nSPS) is 53.7. The first-order valence-electron chi connectivity index (χ1n) is 6.59. The SMILES string of the molecule is CC1CC=CC2C3CCCC(C)C3OC12. The lowest BCUT2D eigenvalue weighted by molar-refractivity contribution is -0.0328. The van der Waals surface area contributed by atoms with Crippen molar-refractivity contribution in [2.75, 3.05) is 0 Å². The molecule has 0 radical (unpaired) electrons. The van der Waals surface area contributed by atoms with Gasteiger partial charge in [-0.25, -0.2) is 0 Å². The van der Waals surface area contributed by atoms with E-state index in [9.17, 15) is 0 Å². The molecule has 2 fully saturated rings. The molecule has 0 bridgehead atoms. The van der Waals surface area contributed by atoms with Crippen molar-refractivity contribution in [2.45, 2.75) is 51.7 Å². The zero-order valence-corrected chi connectivity index (χ0v) is 9.86. The Morgan fingerprint density at radius 1 is 1.07 bits per heavy atom. The average molecular weight is 206 g/mol. The lowest BCUT2D eigenvalue weighted by atomic mass is 9.71. The van der Waals surface area contributed by atoms with Gasteiger partial charge in [0.05, 0.1) is 12.2 Å². The summed E-state index contributed by atoms with van der Waals surface area (Å²) >= 11 is 0. The van der Waals surface area contributed by atoms with Gasteiger partial charge in [0.2, 0.25) is 0 Å². The third-order valence-corrected chi connectivity index (χ3v) is 4.79. The standard InChI is InChI=1S/C14H22O/c1-9-5-3-7-11-12-8-4-6-10(2)14(12)15-13(9)11/h3,7,9-14H,4-6,8H2,1-2H3. The second kappa shape index (κ2) is 3.62. The Bertz CT molecular complexity index is 271. The van der Waals surface area contributed by atoms with Crippen LogP contribution in [0.4, 0.5) is 0 Å². The number of fused-ring (bicyclic) bond motifs is 3. The van der Waals surface area contributed by atoms with Crippen LogP contribution in [0, 0.1) is 23.7 Å². The topological polar surface area (TPSA) is 9.23 Å². The molecule has 6 unspecified atom stereocenters. The first-order chi connectivity index (χ1) is 7.27. The minimum atomic E-state index is 0.533. The van der Waals surface area contributed by atoms with Crippen LogP contribution in [0.3, 0.4) is 0 Å². The Morgan fingerprint density at radius 3 is 2.80 bits per heavy atom. The summed E-state index contributed by atoms with van der Waals surface area (Å²) in [5, 5.41) is 0. The Balaban J connectivity index is 1.86. The Hall–Kier alpha value is -0.300. The third-order valence-electron chi connectivity index (χ3n) is 4.79. The molecule has 1 heterocycles. The van der Waals surface area contributed by atoms with Gasteiger partial charge in [0, 0.05) is 5.92 Å². The van der Waals surface area contributed by atoms with Crippen molar-refractivity contribution in [3.63, 3.8) is 0 Å². The molecule has 0 N–H and O–H groups in total. The van der Waals surface area contributed by atoms with Crippen LogP contribution in [0.5, 0.6) is 0 Å². The van der Waals surface area contributed by atoms with E-state index in [1.165, 1.54) is 25.7 Å². The molecule has 2 aliphatic carbocycles. The summed E-state index contributed by atoms with van der Waals surface area (Å²) in [5.41, 5.74) is 0. The summed E-state index contributed by atoms with van der Waals surface area (Å²) in [4.78, 5) is 0. The molecule has 0 aromatic rings. The van der Waals surface area contributed by atoms with Gasteiger partial charge in [-0.1, -0.05) is 32.4 Å². The van der Waals surface area contributed by atoms with Crippen LogP contribution in [-0.4, -0.2) is 12.2 Å². The van der Waals surface area contributed by atoms with E-state index >= 15 is 0 Å². The highest BCUT2D eigenvalue weighted by Crippen LogP contribution is 2.48. The van der Waals surface area contributed by atoms with Gasteiger partial charge >= 0.3 is 0 Å². The summed E-state index contributed by atoms with van der Waals surface area (Å²) in [6.07, 6.45) is 11.3. The number of hydrogen-bond acceptors (Lipinski definition) is 1. The minimum absolute atomic E-state index is 0.533. The van der Waals surface area contributed by atoms with E-state index in [2.05, 4.69) is 26.0 Å². The summed E-state index contributed by atoms with van der Waals surface area (Å²) in [7, 11) is 0. The second-order valence-corrected chi connectivity index (χ2v) is 5.86. The van der Waals surface area contributed by atoms with Crippen molar-refractivity contribution in [1.82, 2.24) is 0 Å². The maximum absolute atomic E-state index is 6.34. The molecule has 1 nitrogen and oxygen atoms in total. The summed E-state index contributed by atoms with van der Waals surface area (Å²) in [6.45, 7) is 4.73. The van der Waals surface area contributed by atoms with Gasteiger partial charge in [0.25, 0.3) is 0 Å². The quantitative estimate of drug-likeness (QED) is 0.552. The van der Waals surface area contributed by atoms with Gasteiger partial charge in [-0.05, 0) is 37.0 Å². The van der Waals surface area contributed by atoms with Crippen LogP contribution in [-0.2, 0) is 4.74 Å². The van der Waals surface area contributed by atoms with Crippen molar-refractivity contribution in [2.24, 2.45) is 23.7 Å². The molecule has 3 aliphatic rings. The van der Waals surface area contributed by atoms with Crippen molar-refractivity contribution >= 4 is 0 Å². The monoisotopic (exact) mass is 206 g/mol. The van der Waals surface area contributed by atoms with Crippen molar-refractivity contribution < 1.29 is 4.74 Å². The largest absolute Gasteiger partial charge is 0.373 e. The molecule has 1 saturated carbocycles. The van der Waals surface area contributed by atoms with Crippen LogP contribution in [0.25, 0.3) is 0 Å². The van der Waals surface area contributed by atoms with Gasteiger partial charge < -0.3 is 4.74 Å². The molecule has 0 amide bonds. The van der Waals surface area contributed by atoms with E-state index in [0.29, 0.717) is 12.2 Å². The van der Waals surface area contributed by atoms with Gasteiger partial charge in [0.15, 0.2) is 0 Å². The Kier molecular flexibility index (Phi) is 2.39. The minimum Gasteiger partial charge on any atom is -0.373 e. The molecule has 3 rings (SSSR count). The maximum atomic E-state index is 6.34. The first kappa shape index (κ1) is 9.89. The van der Waals surface area contributed by atoms with Gasteiger partial charge in [-0.15, -0.1) is 0 Å². The van der Waals surface area contributed by atoms with Crippen LogP contribution in [0.15, 0.2) is 12.2 Å². The highest BCUT2D eigenvalue weighted by atomic mass is 16.5. The fraction of sp³-hybridized carbons (Fsp3) is 0.857. The van der Waals surface area contributed by atoms with Crippen LogP contribution in [0.2, 0.25) is 0 Å². The van der Waals surface area contributed by atoms with Crippen molar-refractivity contribution in [3.05, 3.63) is 12.2 Å². The zero-order valence-electron chi connectivity index (χ0n) is 9.86.